The fourth-order valence-corrected chi connectivity index (χ4v) is 4.17. The molecule has 1 unspecified atom stereocenters. The first kappa shape index (κ1) is 21.9. The van der Waals surface area contributed by atoms with E-state index in [9.17, 15) is 19.5 Å². The summed E-state index contributed by atoms with van der Waals surface area (Å²) in [5.74, 6) is -2.50. The second kappa shape index (κ2) is 8.70. The lowest BCUT2D eigenvalue weighted by Crippen LogP contribution is -2.29. The van der Waals surface area contributed by atoms with Crippen molar-refractivity contribution >= 4 is 23.4 Å². The number of aromatic amines is 1. The van der Waals surface area contributed by atoms with Gasteiger partial charge in [0, 0.05) is 42.6 Å². The van der Waals surface area contributed by atoms with Crippen molar-refractivity contribution in [3.05, 3.63) is 88.3 Å². The van der Waals surface area contributed by atoms with Gasteiger partial charge in [-0.3, -0.25) is 19.6 Å². The Morgan fingerprint density at radius 2 is 1.88 bits per heavy atom. The highest BCUT2D eigenvalue weighted by Crippen LogP contribution is 2.41. The summed E-state index contributed by atoms with van der Waals surface area (Å²) in [5, 5.41) is 11.3. The number of nitrogens with zero attached hydrogens (tertiary/aromatic N) is 3. The van der Waals surface area contributed by atoms with Crippen molar-refractivity contribution in [1.82, 2.24) is 19.9 Å². The van der Waals surface area contributed by atoms with Crippen LogP contribution in [0, 0.1) is 13.8 Å². The molecule has 4 heterocycles. The van der Waals surface area contributed by atoms with Crippen LogP contribution in [0.5, 0.6) is 0 Å². The molecule has 3 aromatic heterocycles. The molecular formula is C24H22N4O5. The maximum absolute atomic E-state index is 13.2. The van der Waals surface area contributed by atoms with Crippen molar-refractivity contribution in [3.8, 4) is 0 Å². The molecule has 0 saturated carbocycles. The van der Waals surface area contributed by atoms with Crippen molar-refractivity contribution in [2.75, 3.05) is 7.11 Å². The Kier molecular flexibility index (Phi) is 5.78. The number of rotatable bonds is 5. The van der Waals surface area contributed by atoms with Crippen LogP contribution in [0.4, 0.5) is 0 Å². The molecule has 0 radical (unpaired) electrons. The third-order valence-corrected chi connectivity index (χ3v) is 5.70. The Morgan fingerprint density at radius 1 is 1.15 bits per heavy atom. The van der Waals surface area contributed by atoms with E-state index >= 15 is 0 Å². The fourth-order valence-electron chi connectivity index (χ4n) is 4.17. The number of ketones is 1. The van der Waals surface area contributed by atoms with Crippen LogP contribution in [-0.2, 0) is 20.9 Å². The van der Waals surface area contributed by atoms with E-state index in [1.54, 1.807) is 62.9 Å². The number of amides is 1. The van der Waals surface area contributed by atoms with E-state index in [4.69, 9.17) is 4.74 Å². The molecule has 33 heavy (non-hydrogen) atoms. The zero-order valence-electron chi connectivity index (χ0n) is 18.3. The Labute approximate surface area is 189 Å². The van der Waals surface area contributed by atoms with Gasteiger partial charge in [-0.25, -0.2) is 4.79 Å². The number of hydrogen-bond donors (Lipinski definition) is 2. The molecule has 1 aliphatic heterocycles. The minimum Gasteiger partial charge on any atom is -0.507 e. The van der Waals surface area contributed by atoms with Crippen molar-refractivity contribution in [2.45, 2.75) is 26.4 Å². The quantitative estimate of drug-likeness (QED) is 0.267. The number of pyridine rings is 2. The topological polar surface area (TPSA) is 125 Å². The number of carbonyl (C=O) groups excluding carboxylic acids is 3. The van der Waals surface area contributed by atoms with Crippen LogP contribution in [-0.4, -0.2) is 49.7 Å². The molecule has 0 spiro atoms. The number of aryl methyl sites for hydroxylation is 1. The Hall–Kier alpha value is -4.27. The van der Waals surface area contributed by atoms with Crippen LogP contribution >= 0.6 is 0 Å². The van der Waals surface area contributed by atoms with Gasteiger partial charge in [-0.05, 0) is 48.7 Å². The number of Topliss-reactive ketones (excluding diaryl/α,β-unsaturated/α-hetero) is 1. The monoisotopic (exact) mass is 446 g/mol. The molecule has 1 fully saturated rings. The lowest BCUT2D eigenvalue weighted by molar-refractivity contribution is -0.140. The van der Waals surface area contributed by atoms with Gasteiger partial charge in [0.1, 0.15) is 11.5 Å². The van der Waals surface area contributed by atoms with Crippen LogP contribution in [0.15, 0.2) is 54.6 Å². The van der Waals surface area contributed by atoms with Crippen LogP contribution in [0.25, 0.3) is 5.76 Å². The molecule has 9 heteroatoms. The van der Waals surface area contributed by atoms with Crippen molar-refractivity contribution in [1.29, 1.82) is 0 Å². The molecule has 4 rings (SSSR count). The molecule has 168 valence electrons. The summed E-state index contributed by atoms with van der Waals surface area (Å²) in [6.07, 6.45) is 6.35. The fraction of sp³-hybridized carbons (Fsp3) is 0.208. The zero-order chi connectivity index (χ0) is 23.7. The summed E-state index contributed by atoms with van der Waals surface area (Å²) >= 11 is 0. The molecule has 0 aromatic carbocycles. The molecule has 1 amide bonds. The van der Waals surface area contributed by atoms with Crippen molar-refractivity contribution in [3.63, 3.8) is 0 Å². The number of aliphatic hydroxyl groups is 1. The van der Waals surface area contributed by atoms with E-state index in [2.05, 4.69) is 15.0 Å². The Morgan fingerprint density at radius 3 is 2.52 bits per heavy atom. The number of methoxy groups -OCH3 is 1. The number of hydrogen-bond acceptors (Lipinski definition) is 7. The number of ether oxygens (including phenoxy) is 1. The van der Waals surface area contributed by atoms with Gasteiger partial charge in [0.15, 0.2) is 0 Å². The predicted octanol–water partition coefficient (Wildman–Crippen LogP) is 2.83. The molecule has 0 aliphatic carbocycles. The minimum absolute atomic E-state index is 0.0586. The average Bonchev–Trinajstić information content (AvgIpc) is 3.27. The van der Waals surface area contributed by atoms with Gasteiger partial charge in [-0.1, -0.05) is 6.07 Å². The van der Waals surface area contributed by atoms with Gasteiger partial charge < -0.3 is 19.7 Å². The Bertz CT molecular complexity index is 1260. The maximum Gasteiger partial charge on any atom is 0.354 e. The van der Waals surface area contributed by atoms with E-state index in [0.717, 1.165) is 5.56 Å². The van der Waals surface area contributed by atoms with Gasteiger partial charge in [-0.15, -0.1) is 0 Å². The third-order valence-electron chi connectivity index (χ3n) is 5.70. The van der Waals surface area contributed by atoms with Crippen molar-refractivity contribution in [2.24, 2.45) is 0 Å². The van der Waals surface area contributed by atoms with E-state index < -0.39 is 23.7 Å². The second-order valence-electron chi connectivity index (χ2n) is 7.69. The van der Waals surface area contributed by atoms with Crippen LogP contribution in [0.3, 0.4) is 0 Å². The van der Waals surface area contributed by atoms with Gasteiger partial charge in [0.2, 0.25) is 0 Å². The number of aliphatic hydroxyl groups excluding tert-OH is 1. The van der Waals surface area contributed by atoms with Gasteiger partial charge in [0.25, 0.3) is 11.7 Å². The van der Waals surface area contributed by atoms with Crippen molar-refractivity contribution < 1.29 is 24.2 Å². The Balaban J connectivity index is 1.90. The third kappa shape index (κ3) is 3.78. The van der Waals surface area contributed by atoms with Crippen LogP contribution in [0.1, 0.15) is 44.5 Å². The first-order chi connectivity index (χ1) is 15.8. The average molecular weight is 446 g/mol. The molecule has 1 aliphatic rings. The maximum atomic E-state index is 13.2. The highest BCUT2D eigenvalue weighted by Gasteiger charge is 2.46. The number of esters is 1. The standard InChI is InChI=1S/C24H22N4O5/c1-13-17(14(2)27-19(13)24(32)33-3)21(29)18-20(16-6-9-25-10-7-16)28(23(31)22(18)30)12-15-5-4-8-26-11-15/h4-11,20,27,29H,12H2,1-3H3/b21-18-. The summed E-state index contributed by atoms with van der Waals surface area (Å²) in [4.78, 5) is 50.8. The van der Waals surface area contributed by atoms with Crippen LogP contribution < -0.4 is 0 Å². The van der Waals surface area contributed by atoms with E-state index in [0.29, 0.717) is 16.8 Å². The number of H-pyrrole nitrogens is 1. The summed E-state index contributed by atoms with van der Waals surface area (Å²) in [6, 6.07) is 6.09. The highest BCUT2D eigenvalue weighted by atomic mass is 16.5. The van der Waals surface area contributed by atoms with E-state index in [1.165, 1.54) is 12.0 Å². The number of likely N-dealkylation sites (tertiary alicyclic amines) is 1. The summed E-state index contributed by atoms with van der Waals surface area (Å²) < 4.78 is 4.79. The van der Waals surface area contributed by atoms with E-state index in [1.807, 2.05) is 0 Å². The van der Waals surface area contributed by atoms with Crippen LogP contribution in [0.2, 0.25) is 0 Å². The SMILES string of the molecule is COC(=O)c1[nH]c(C)c(/C(O)=C2/C(=O)C(=O)N(Cc3cccnc3)C2c2ccncc2)c1C. The van der Waals surface area contributed by atoms with Gasteiger partial charge in [0.05, 0.1) is 18.7 Å². The predicted molar refractivity (Wildman–Crippen MR) is 118 cm³/mol. The summed E-state index contributed by atoms with van der Waals surface area (Å²) in [6.45, 7) is 3.43. The highest BCUT2D eigenvalue weighted by molar-refractivity contribution is 6.46. The normalized spacial score (nSPS) is 17.4. The largest absolute Gasteiger partial charge is 0.507 e. The number of aromatic nitrogens is 3. The molecule has 1 atom stereocenters. The molecule has 1 saturated heterocycles. The lowest BCUT2D eigenvalue weighted by Gasteiger charge is -2.25. The molecule has 3 aromatic rings. The minimum atomic E-state index is -0.844. The first-order valence-corrected chi connectivity index (χ1v) is 10.2. The second-order valence-corrected chi connectivity index (χ2v) is 7.69. The summed E-state index contributed by atoms with van der Waals surface area (Å²) in [7, 11) is 1.25. The number of carbonyl (C=O) groups is 3. The van der Waals surface area contributed by atoms with Gasteiger partial charge in [-0.2, -0.15) is 0 Å². The molecule has 2 N–H and O–H groups in total. The smallest absolute Gasteiger partial charge is 0.354 e. The molecule has 9 nitrogen and oxygen atoms in total. The summed E-state index contributed by atoms with van der Waals surface area (Å²) in [5.41, 5.74) is 2.64. The zero-order valence-corrected chi connectivity index (χ0v) is 18.3. The molecular weight excluding hydrogens is 424 g/mol. The number of nitrogens with one attached hydrogen (secondary N) is 1. The first-order valence-electron chi connectivity index (χ1n) is 10.2. The van der Waals surface area contributed by atoms with E-state index in [-0.39, 0.29) is 29.1 Å². The molecule has 0 bridgehead atoms. The lowest BCUT2D eigenvalue weighted by atomic mass is 9.94. The van der Waals surface area contributed by atoms with Gasteiger partial charge >= 0.3 is 5.97 Å².